The van der Waals surface area contributed by atoms with Crippen molar-refractivity contribution in [3.05, 3.63) is 46.7 Å². The van der Waals surface area contributed by atoms with Gasteiger partial charge in [-0.15, -0.1) is 0 Å². The van der Waals surface area contributed by atoms with Gasteiger partial charge in [-0.1, -0.05) is 17.7 Å². The molecule has 3 aliphatic rings. The number of allylic oxidation sites excluding steroid dienone is 1. The fraction of sp³-hybridized carbons (Fsp3) is 0.435. The molecule has 1 atom stereocenters. The third-order valence-corrected chi connectivity index (χ3v) is 5.81. The summed E-state index contributed by atoms with van der Waals surface area (Å²) < 4.78 is 13.8. The fourth-order valence-corrected chi connectivity index (χ4v) is 4.35. The first-order valence-electron chi connectivity index (χ1n) is 10.4. The number of rotatable bonds is 4. The van der Waals surface area contributed by atoms with Crippen LogP contribution in [0.25, 0.3) is 5.57 Å². The van der Waals surface area contributed by atoms with Gasteiger partial charge in [0.2, 0.25) is 5.88 Å². The zero-order valence-electron chi connectivity index (χ0n) is 16.7. The second-order valence-corrected chi connectivity index (χ2v) is 8.11. The van der Waals surface area contributed by atoms with Gasteiger partial charge in [-0.3, -0.25) is 9.79 Å². The van der Waals surface area contributed by atoms with Crippen LogP contribution < -0.4 is 9.47 Å². The molecule has 0 saturated heterocycles. The maximum atomic E-state index is 13.3. The summed E-state index contributed by atoms with van der Waals surface area (Å²) in [5.41, 5.74) is 4.77. The average molecular weight is 391 g/mol. The van der Waals surface area contributed by atoms with Gasteiger partial charge in [-0.25, -0.2) is 4.68 Å². The molecule has 0 bridgehead atoms. The fourth-order valence-electron chi connectivity index (χ4n) is 4.35. The summed E-state index contributed by atoms with van der Waals surface area (Å²) in [6.07, 6.45) is 7.03. The molecule has 1 unspecified atom stereocenters. The lowest BCUT2D eigenvalue weighted by Crippen LogP contribution is -2.24. The monoisotopic (exact) mass is 391 g/mol. The third-order valence-electron chi connectivity index (χ3n) is 5.81. The minimum atomic E-state index is 0.0571. The number of nitrogens with zero attached hydrogens (tertiary/aromatic N) is 3. The van der Waals surface area contributed by atoms with Crippen molar-refractivity contribution >= 4 is 17.6 Å². The van der Waals surface area contributed by atoms with E-state index in [9.17, 15) is 4.79 Å². The van der Waals surface area contributed by atoms with Gasteiger partial charge in [0, 0.05) is 25.1 Å². The molecule has 0 spiro atoms. The number of aromatic nitrogens is 2. The van der Waals surface area contributed by atoms with E-state index in [0.29, 0.717) is 31.9 Å². The van der Waals surface area contributed by atoms with Crippen molar-refractivity contribution in [2.45, 2.75) is 39.2 Å². The molecule has 1 aromatic heterocycles. The Hall–Kier alpha value is -2.89. The minimum Gasteiger partial charge on any atom is -0.493 e. The van der Waals surface area contributed by atoms with Gasteiger partial charge >= 0.3 is 0 Å². The predicted octanol–water partition coefficient (Wildman–Crippen LogP) is 3.66. The summed E-state index contributed by atoms with van der Waals surface area (Å²) in [6.45, 7) is 4.65. The number of carbonyl (C=O) groups excluding carboxylic acids is 1. The van der Waals surface area contributed by atoms with Gasteiger partial charge in [0.25, 0.3) is 0 Å². The van der Waals surface area contributed by atoms with Crippen LogP contribution in [0.15, 0.2) is 29.3 Å². The van der Waals surface area contributed by atoms with Crippen LogP contribution in [0.5, 0.6) is 11.6 Å². The van der Waals surface area contributed by atoms with Gasteiger partial charge in [0.15, 0.2) is 5.78 Å². The Bertz CT molecular complexity index is 1020. The first-order chi connectivity index (χ1) is 14.2. The average Bonchev–Trinajstić information content (AvgIpc) is 3.30. The Balaban J connectivity index is 1.41. The van der Waals surface area contributed by atoms with E-state index in [1.165, 1.54) is 11.1 Å². The maximum Gasteiger partial charge on any atom is 0.220 e. The van der Waals surface area contributed by atoms with Crippen molar-refractivity contribution in [1.82, 2.24) is 9.78 Å². The largest absolute Gasteiger partial charge is 0.493 e. The molecule has 0 saturated carbocycles. The minimum absolute atomic E-state index is 0.0571. The number of benzene rings is 1. The molecule has 29 heavy (non-hydrogen) atoms. The Morgan fingerprint density at radius 1 is 1.28 bits per heavy atom. The van der Waals surface area contributed by atoms with E-state index in [-0.39, 0.29) is 11.7 Å². The van der Waals surface area contributed by atoms with Crippen LogP contribution in [0.2, 0.25) is 0 Å². The van der Waals surface area contributed by atoms with Gasteiger partial charge in [0.1, 0.15) is 11.4 Å². The van der Waals surface area contributed by atoms with Crippen molar-refractivity contribution in [2.75, 3.05) is 19.8 Å². The highest BCUT2D eigenvalue weighted by Gasteiger charge is 2.30. The van der Waals surface area contributed by atoms with Crippen LogP contribution >= 0.6 is 0 Å². The first-order valence-corrected chi connectivity index (χ1v) is 10.4. The Morgan fingerprint density at radius 3 is 3.07 bits per heavy atom. The molecule has 3 aliphatic heterocycles. The SMILES string of the molecule is Cc1ccc2c(c1)CC(CC(=O)c1nn3c(c1C1=CC=NC1)OCCCC3)CO2. The van der Waals surface area contributed by atoms with Gasteiger partial charge < -0.3 is 9.47 Å². The van der Waals surface area contributed by atoms with E-state index in [0.717, 1.165) is 48.6 Å². The molecule has 0 aliphatic carbocycles. The molecule has 2 aromatic rings. The lowest BCUT2D eigenvalue weighted by Gasteiger charge is -2.25. The molecule has 0 amide bonds. The molecule has 0 fully saturated rings. The van der Waals surface area contributed by atoms with Crippen molar-refractivity contribution in [2.24, 2.45) is 10.9 Å². The lowest BCUT2D eigenvalue weighted by atomic mass is 9.90. The third kappa shape index (κ3) is 3.48. The number of Topliss-reactive ketones (excluding diaryl/α,β-unsaturated/α-hetero) is 1. The number of carbonyl (C=O) groups is 1. The van der Waals surface area contributed by atoms with Crippen LogP contribution in [0.1, 0.15) is 46.4 Å². The smallest absolute Gasteiger partial charge is 0.220 e. The Labute approximate surface area is 170 Å². The van der Waals surface area contributed by atoms with Crippen molar-refractivity contribution < 1.29 is 14.3 Å². The van der Waals surface area contributed by atoms with Gasteiger partial charge in [0.05, 0.1) is 25.3 Å². The number of hydrogen-bond donors (Lipinski definition) is 0. The zero-order chi connectivity index (χ0) is 19.8. The van der Waals surface area contributed by atoms with E-state index in [2.05, 4.69) is 29.1 Å². The highest BCUT2D eigenvalue weighted by molar-refractivity contribution is 6.02. The van der Waals surface area contributed by atoms with Gasteiger partial charge in [-0.05, 0) is 49.5 Å². The summed E-state index contributed by atoms with van der Waals surface area (Å²) >= 11 is 0. The molecule has 0 N–H and O–H groups in total. The lowest BCUT2D eigenvalue weighted by molar-refractivity contribution is 0.0928. The zero-order valence-corrected chi connectivity index (χ0v) is 16.7. The van der Waals surface area contributed by atoms with E-state index in [4.69, 9.17) is 9.47 Å². The van der Waals surface area contributed by atoms with Crippen molar-refractivity contribution in [1.29, 1.82) is 0 Å². The molecule has 4 heterocycles. The van der Waals surface area contributed by atoms with Crippen LogP contribution in [0, 0.1) is 12.8 Å². The number of hydrogen-bond acceptors (Lipinski definition) is 5. The predicted molar refractivity (Wildman–Crippen MR) is 111 cm³/mol. The Morgan fingerprint density at radius 2 is 2.21 bits per heavy atom. The second kappa shape index (κ2) is 7.50. The highest BCUT2D eigenvalue weighted by Crippen LogP contribution is 2.35. The highest BCUT2D eigenvalue weighted by atomic mass is 16.5. The van der Waals surface area contributed by atoms with E-state index >= 15 is 0 Å². The quantitative estimate of drug-likeness (QED) is 0.746. The van der Waals surface area contributed by atoms with Crippen molar-refractivity contribution in [3.63, 3.8) is 0 Å². The second-order valence-electron chi connectivity index (χ2n) is 8.11. The maximum absolute atomic E-state index is 13.3. The van der Waals surface area contributed by atoms with Crippen LogP contribution in [-0.2, 0) is 13.0 Å². The molecule has 0 radical (unpaired) electrons. The van der Waals surface area contributed by atoms with Crippen LogP contribution in [-0.4, -0.2) is 41.5 Å². The molecule has 150 valence electrons. The summed E-state index contributed by atoms with van der Waals surface area (Å²) in [7, 11) is 0. The van der Waals surface area contributed by atoms with E-state index in [1.54, 1.807) is 6.21 Å². The number of ketones is 1. The topological polar surface area (TPSA) is 65.7 Å². The first kappa shape index (κ1) is 18.2. The van der Waals surface area contributed by atoms with Crippen LogP contribution in [0.4, 0.5) is 0 Å². The van der Waals surface area contributed by atoms with Crippen LogP contribution in [0.3, 0.4) is 0 Å². The summed E-state index contributed by atoms with van der Waals surface area (Å²) in [5.74, 6) is 1.88. The molecule has 6 heteroatoms. The summed E-state index contributed by atoms with van der Waals surface area (Å²) in [4.78, 5) is 17.6. The number of aryl methyl sites for hydroxylation is 2. The molecule has 1 aromatic carbocycles. The standard InChI is InChI=1S/C23H25N3O3/c1-15-4-5-20-18(10-15)11-16(14-29-20)12-19(27)22-21(17-6-7-24-13-17)23-26(25-22)8-2-3-9-28-23/h4-7,10,16H,2-3,8-9,11-14H2,1H3. The van der Waals surface area contributed by atoms with E-state index < -0.39 is 0 Å². The number of ether oxygens (including phenoxy) is 2. The van der Waals surface area contributed by atoms with Crippen molar-refractivity contribution in [3.8, 4) is 11.6 Å². The number of fused-ring (bicyclic) bond motifs is 2. The summed E-state index contributed by atoms with van der Waals surface area (Å²) in [5, 5.41) is 4.68. The molecule has 5 rings (SSSR count). The molecule has 6 nitrogen and oxygen atoms in total. The van der Waals surface area contributed by atoms with Gasteiger partial charge in [-0.2, -0.15) is 5.10 Å². The number of aliphatic imine (C=N–C) groups is 1. The normalized spacial score (nSPS) is 20.2. The molecular formula is C23H25N3O3. The summed E-state index contributed by atoms with van der Waals surface area (Å²) in [6, 6.07) is 6.24. The Kier molecular flexibility index (Phi) is 4.70. The van der Waals surface area contributed by atoms with E-state index in [1.807, 2.05) is 16.8 Å². The molecular weight excluding hydrogens is 366 g/mol.